The number of anilines is 1. The van der Waals surface area contributed by atoms with Crippen molar-refractivity contribution in [2.24, 2.45) is 5.92 Å². The quantitative estimate of drug-likeness (QED) is 0.890. The lowest BCUT2D eigenvalue weighted by molar-refractivity contribution is 0.459. The first kappa shape index (κ1) is 15.8. The average Bonchev–Trinajstić information content (AvgIpc) is 2.70. The van der Waals surface area contributed by atoms with Crippen molar-refractivity contribution in [3.63, 3.8) is 0 Å². The minimum absolute atomic E-state index is 0.513. The second-order valence-corrected chi connectivity index (χ2v) is 7.24. The van der Waals surface area contributed by atoms with Crippen LogP contribution in [0.15, 0.2) is 0 Å². The van der Waals surface area contributed by atoms with Crippen LogP contribution < -0.4 is 10.2 Å². The van der Waals surface area contributed by atoms with Crippen molar-refractivity contribution in [2.75, 3.05) is 25.0 Å². The summed E-state index contributed by atoms with van der Waals surface area (Å²) >= 11 is 1.89. The molecule has 1 saturated heterocycles. The van der Waals surface area contributed by atoms with Crippen molar-refractivity contribution in [1.29, 1.82) is 0 Å². The summed E-state index contributed by atoms with van der Waals surface area (Å²) in [5, 5.41) is 4.52. The second-order valence-electron chi connectivity index (χ2n) is 6.18. The monoisotopic (exact) mass is 295 g/mol. The molecule has 1 N–H and O–H groups in total. The van der Waals surface area contributed by atoms with Crippen LogP contribution in [0.2, 0.25) is 0 Å². The smallest absolute Gasteiger partial charge is 0.185 e. The Balaban J connectivity index is 2.13. The lowest BCUT2D eigenvalue weighted by Gasteiger charge is -2.19. The fraction of sp³-hybridized carbons (Fsp3) is 0.812. The molecule has 0 radical (unpaired) electrons. The molecular weight excluding hydrogens is 266 g/mol. The minimum atomic E-state index is 0.513. The largest absolute Gasteiger partial charge is 0.348 e. The highest BCUT2D eigenvalue weighted by Gasteiger charge is 2.21. The van der Waals surface area contributed by atoms with Crippen molar-refractivity contribution in [3.05, 3.63) is 10.6 Å². The molecule has 0 spiro atoms. The average molecular weight is 295 g/mol. The topological polar surface area (TPSA) is 28.2 Å². The number of hydrogen-bond donors (Lipinski definition) is 1. The maximum absolute atomic E-state index is 4.95. The van der Waals surface area contributed by atoms with Crippen LogP contribution in [0.5, 0.6) is 0 Å². The van der Waals surface area contributed by atoms with Crippen LogP contribution in [0.1, 0.15) is 62.9 Å². The molecule has 0 bridgehead atoms. The molecule has 3 nitrogen and oxygen atoms in total. The van der Waals surface area contributed by atoms with Gasteiger partial charge in [-0.15, -0.1) is 11.3 Å². The molecule has 0 aliphatic carbocycles. The Kier molecular flexibility index (Phi) is 5.85. The first-order chi connectivity index (χ1) is 9.65. The molecule has 0 saturated carbocycles. The van der Waals surface area contributed by atoms with Gasteiger partial charge in [0.1, 0.15) is 0 Å². The van der Waals surface area contributed by atoms with E-state index in [1.54, 1.807) is 0 Å². The number of hydrogen-bond acceptors (Lipinski definition) is 4. The molecule has 1 aromatic heterocycles. The van der Waals surface area contributed by atoms with Gasteiger partial charge in [-0.05, 0) is 38.1 Å². The normalized spacial score (nSPS) is 20.4. The predicted octanol–water partition coefficient (Wildman–Crippen LogP) is 4.00. The van der Waals surface area contributed by atoms with E-state index in [9.17, 15) is 0 Å². The predicted molar refractivity (Wildman–Crippen MR) is 88.8 cm³/mol. The maximum Gasteiger partial charge on any atom is 0.185 e. The Morgan fingerprint density at radius 2 is 2.15 bits per heavy atom. The summed E-state index contributed by atoms with van der Waals surface area (Å²) in [6, 6.07) is 0. The molecule has 1 aliphatic heterocycles. The van der Waals surface area contributed by atoms with E-state index >= 15 is 0 Å². The van der Waals surface area contributed by atoms with Crippen LogP contribution >= 0.6 is 11.3 Å². The molecule has 0 amide bonds. The van der Waals surface area contributed by atoms with Gasteiger partial charge >= 0.3 is 0 Å². The fourth-order valence-corrected chi connectivity index (χ4v) is 4.27. The van der Waals surface area contributed by atoms with E-state index in [2.05, 4.69) is 31.0 Å². The SMILES string of the molecule is CCC1CCCN(c2nc(C(C)C)c(CNC)s2)CC1. The van der Waals surface area contributed by atoms with E-state index < -0.39 is 0 Å². The van der Waals surface area contributed by atoms with Crippen LogP contribution in [0.3, 0.4) is 0 Å². The highest BCUT2D eigenvalue weighted by atomic mass is 32.1. The highest BCUT2D eigenvalue weighted by Crippen LogP contribution is 2.32. The van der Waals surface area contributed by atoms with E-state index in [4.69, 9.17) is 4.98 Å². The molecule has 2 rings (SSSR count). The number of aromatic nitrogens is 1. The molecule has 20 heavy (non-hydrogen) atoms. The van der Waals surface area contributed by atoms with Gasteiger partial charge in [0.15, 0.2) is 5.13 Å². The Labute approximate surface area is 127 Å². The molecule has 0 aromatic carbocycles. The molecule has 1 unspecified atom stereocenters. The van der Waals surface area contributed by atoms with Crippen molar-refractivity contribution >= 4 is 16.5 Å². The zero-order chi connectivity index (χ0) is 14.5. The van der Waals surface area contributed by atoms with Gasteiger partial charge in [-0.1, -0.05) is 27.2 Å². The first-order valence-corrected chi connectivity index (χ1v) is 8.86. The lowest BCUT2D eigenvalue weighted by atomic mass is 9.98. The van der Waals surface area contributed by atoms with E-state index in [1.165, 1.54) is 54.5 Å². The van der Waals surface area contributed by atoms with Crippen LogP contribution in [0, 0.1) is 5.92 Å². The van der Waals surface area contributed by atoms with Gasteiger partial charge in [0.05, 0.1) is 5.69 Å². The zero-order valence-electron chi connectivity index (χ0n) is 13.4. The lowest BCUT2D eigenvalue weighted by Crippen LogP contribution is -2.24. The standard InChI is InChI=1S/C16H29N3S/c1-5-13-7-6-9-19(10-8-13)16-18-15(12(2)3)14(20-16)11-17-4/h12-13,17H,5-11H2,1-4H3. The van der Waals surface area contributed by atoms with Gasteiger partial charge in [0, 0.05) is 24.5 Å². The van der Waals surface area contributed by atoms with E-state index in [-0.39, 0.29) is 0 Å². The Morgan fingerprint density at radius 3 is 2.80 bits per heavy atom. The molecule has 2 heterocycles. The summed E-state index contributed by atoms with van der Waals surface area (Å²) in [4.78, 5) is 8.88. The number of thiazole rings is 1. The molecule has 114 valence electrons. The van der Waals surface area contributed by atoms with E-state index in [0.717, 1.165) is 12.5 Å². The second kappa shape index (κ2) is 7.41. The Morgan fingerprint density at radius 1 is 1.35 bits per heavy atom. The van der Waals surface area contributed by atoms with Gasteiger partial charge in [0.2, 0.25) is 0 Å². The van der Waals surface area contributed by atoms with Crippen LogP contribution in [-0.2, 0) is 6.54 Å². The van der Waals surface area contributed by atoms with E-state index in [1.807, 2.05) is 18.4 Å². The Hall–Kier alpha value is -0.610. The van der Waals surface area contributed by atoms with Crippen molar-refractivity contribution in [1.82, 2.24) is 10.3 Å². The number of nitrogens with zero attached hydrogens (tertiary/aromatic N) is 2. The van der Waals surface area contributed by atoms with Crippen LogP contribution in [0.25, 0.3) is 0 Å². The third-order valence-corrected chi connectivity index (χ3v) is 5.43. The summed E-state index contributed by atoms with van der Waals surface area (Å²) in [6.45, 7) is 10.1. The van der Waals surface area contributed by atoms with Gasteiger partial charge in [-0.25, -0.2) is 4.98 Å². The van der Waals surface area contributed by atoms with Crippen molar-refractivity contribution < 1.29 is 0 Å². The first-order valence-electron chi connectivity index (χ1n) is 8.04. The molecule has 1 aliphatic rings. The zero-order valence-corrected chi connectivity index (χ0v) is 14.2. The number of rotatable bonds is 5. The molecule has 1 aromatic rings. The highest BCUT2D eigenvalue weighted by molar-refractivity contribution is 7.15. The van der Waals surface area contributed by atoms with Crippen LogP contribution in [0.4, 0.5) is 5.13 Å². The van der Waals surface area contributed by atoms with Crippen molar-refractivity contribution in [3.8, 4) is 0 Å². The third-order valence-electron chi connectivity index (χ3n) is 4.30. The summed E-state index contributed by atoms with van der Waals surface area (Å²) in [7, 11) is 2.02. The molecular formula is C16H29N3S. The summed E-state index contributed by atoms with van der Waals surface area (Å²) in [6.07, 6.45) is 5.36. The van der Waals surface area contributed by atoms with Gasteiger partial charge in [-0.3, -0.25) is 0 Å². The number of nitrogens with one attached hydrogen (secondary N) is 1. The molecule has 1 fully saturated rings. The maximum atomic E-state index is 4.95. The van der Waals surface area contributed by atoms with Gasteiger partial charge in [-0.2, -0.15) is 0 Å². The van der Waals surface area contributed by atoms with E-state index in [0.29, 0.717) is 5.92 Å². The third kappa shape index (κ3) is 3.73. The van der Waals surface area contributed by atoms with Gasteiger partial charge < -0.3 is 10.2 Å². The molecule has 1 atom stereocenters. The summed E-state index contributed by atoms with van der Waals surface area (Å²) in [5.41, 5.74) is 1.29. The summed E-state index contributed by atoms with van der Waals surface area (Å²) in [5.74, 6) is 1.43. The Bertz CT molecular complexity index is 414. The fourth-order valence-electron chi connectivity index (χ4n) is 2.99. The minimum Gasteiger partial charge on any atom is -0.348 e. The van der Waals surface area contributed by atoms with Crippen molar-refractivity contribution in [2.45, 2.75) is 58.9 Å². The summed E-state index contributed by atoms with van der Waals surface area (Å²) < 4.78 is 0. The molecule has 4 heteroatoms. The van der Waals surface area contributed by atoms with Gasteiger partial charge in [0.25, 0.3) is 0 Å². The van der Waals surface area contributed by atoms with Crippen LogP contribution in [-0.4, -0.2) is 25.1 Å².